The maximum atomic E-state index is 12.2. The fraction of sp³-hybridized carbons (Fsp3) is 0.105. The van der Waals surface area contributed by atoms with Gasteiger partial charge in [-0.3, -0.25) is 4.79 Å². The van der Waals surface area contributed by atoms with Gasteiger partial charge in [-0.2, -0.15) is 5.26 Å². The van der Waals surface area contributed by atoms with Crippen molar-refractivity contribution in [2.45, 2.75) is 0 Å². The predicted molar refractivity (Wildman–Crippen MR) is 100 cm³/mol. The van der Waals surface area contributed by atoms with E-state index in [2.05, 4.69) is 16.0 Å². The van der Waals surface area contributed by atoms with Crippen molar-refractivity contribution in [3.63, 3.8) is 0 Å². The van der Waals surface area contributed by atoms with E-state index >= 15 is 0 Å². The lowest BCUT2D eigenvalue weighted by Gasteiger charge is -2.10. The molecule has 1 N–H and O–H groups in total. The number of H-pyrrole nitrogens is 1. The molecule has 0 spiro atoms. The smallest absolute Gasteiger partial charge is 0.259 e. The molecular formula is C19H14ClN3O3. The summed E-state index contributed by atoms with van der Waals surface area (Å²) in [6.45, 7) is 0. The number of nitriles is 1. The Morgan fingerprint density at radius 3 is 2.73 bits per heavy atom. The van der Waals surface area contributed by atoms with Crippen molar-refractivity contribution in [3.05, 3.63) is 63.2 Å². The van der Waals surface area contributed by atoms with Crippen LogP contribution in [0.15, 0.2) is 41.2 Å². The Hall–Kier alpha value is -3.30. The van der Waals surface area contributed by atoms with Crippen LogP contribution in [0.1, 0.15) is 11.4 Å². The number of ether oxygens (including phenoxy) is 2. The molecule has 1 aromatic heterocycles. The van der Waals surface area contributed by atoms with Crippen molar-refractivity contribution in [2.24, 2.45) is 0 Å². The Bertz CT molecular complexity index is 1110. The number of methoxy groups -OCH3 is 2. The molecule has 0 saturated heterocycles. The molecule has 0 amide bonds. The number of hydrogen-bond donors (Lipinski definition) is 1. The highest BCUT2D eigenvalue weighted by Crippen LogP contribution is 2.36. The van der Waals surface area contributed by atoms with Gasteiger partial charge in [0.1, 0.15) is 6.07 Å². The molecule has 26 heavy (non-hydrogen) atoms. The number of allylic oxidation sites excluding steroid dienone is 1. The van der Waals surface area contributed by atoms with Crippen LogP contribution in [0.5, 0.6) is 11.5 Å². The second kappa shape index (κ2) is 7.30. The summed E-state index contributed by atoms with van der Waals surface area (Å²) in [6.07, 6.45) is 1.57. The van der Waals surface area contributed by atoms with Gasteiger partial charge in [-0.1, -0.05) is 23.7 Å². The first-order valence-corrected chi connectivity index (χ1v) is 7.98. The van der Waals surface area contributed by atoms with Crippen LogP contribution in [0.4, 0.5) is 0 Å². The van der Waals surface area contributed by atoms with E-state index < -0.39 is 0 Å². The third kappa shape index (κ3) is 3.25. The van der Waals surface area contributed by atoms with Crippen molar-refractivity contribution >= 4 is 34.2 Å². The summed E-state index contributed by atoms with van der Waals surface area (Å²) >= 11 is 6.20. The first kappa shape index (κ1) is 17.5. The van der Waals surface area contributed by atoms with Crippen LogP contribution in [-0.4, -0.2) is 24.2 Å². The van der Waals surface area contributed by atoms with Crippen LogP contribution in [-0.2, 0) is 0 Å². The van der Waals surface area contributed by atoms with Gasteiger partial charge in [0.15, 0.2) is 17.3 Å². The Morgan fingerprint density at radius 1 is 1.27 bits per heavy atom. The summed E-state index contributed by atoms with van der Waals surface area (Å²) < 4.78 is 10.5. The van der Waals surface area contributed by atoms with Crippen molar-refractivity contribution in [3.8, 4) is 17.6 Å². The van der Waals surface area contributed by atoms with Crippen LogP contribution < -0.4 is 15.0 Å². The van der Waals surface area contributed by atoms with E-state index in [0.29, 0.717) is 33.0 Å². The van der Waals surface area contributed by atoms with Crippen molar-refractivity contribution in [1.29, 1.82) is 5.26 Å². The predicted octanol–water partition coefficient (Wildman–Crippen LogP) is 3.66. The van der Waals surface area contributed by atoms with Gasteiger partial charge in [0.2, 0.25) is 0 Å². The van der Waals surface area contributed by atoms with Gasteiger partial charge < -0.3 is 14.5 Å². The fourth-order valence-electron chi connectivity index (χ4n) is 2.56. The highest BCUT2D eigenvalue weighted by atomic mass is 35.5. The van der Waals surface area contributed by atoms with Gasteiger partial charge >= 0.3 is 0 Å². The molecule has 0 unspecified atom stereocenters. The van der Waals surface area contributed by atoms with Crippen LogP contribution >= 0.6 is 11.6 Å². The number of halogens is 1. The third-order valence-corrected chi connectivity index (χ3v) is 4.04. The number of nitrogens with zero attached hydrogens (tertiary/aromatic N) is 2. The quantitative estimate of drug-likeness (QED) is 0.711. The second-order valence-corrected chi connectivity index (χ2v) is 5.75. The standard InChI is InChI=1S/C19H14ClN3O3/c1-25-16-9-11(8-14(20)17(16)26-2)7-12(10-21)18-22-15-6-4-3-5-13(15)19(24)23-18/h3-9H,1-2H3,(H,22,23,24)/b12-7-. The van der Waals surface area contributed by atoms with Gasteiger partial charge in [-0.05, 0) is 35.9 Å². The second-order valence-electron chi connectivity index (χ2n) is 5.34. The van der Waals surface area contributed by atoms with Gasteiger partial charge in [0.05, 0.1) is 35.7 Å². The lowest BCUT2D eigenvalue weighted by Crippen LogP contribution is -2.11. The Kier molecular flexibility index (Phi) is 4.92. The first-order valence-electron chi connectivity index (χ1n) is 7.60. The molecular weight excluding hydrogens is 354 g/mol. The van der Waals surface area contributed by atoms with E-state index in [1.54, 1.807) is 42.5 Å². The topological polar surface area (TPSA) is 88.0 Å². The van der Waals surface area contributed by atoms with Crippen LogP contribution in [0, 0.1) is 11.3 Å². The number of aromatic nitrogens is 2. The largest absolute Gasteiger partial charge is 0.493 e. The van der Waals surface area contributed by atoms with Crippen LogP contribution in [0.2, 0.25) is 5.02 Å². The number of aromatic amines is 1. The van der Waals surface area contributed by atoms with Crippen molar-refractivity contribution < 1.29 is 9.47 Å². The minimum Gasteiger partial charge on any atom is -0.493 e. The van der Waals surface area contributed by atoms with E-state index in [1.165, 1.54) is 14.2 Å². The number of benzene rings is 2. The Labute approximate surface area is 154 Å². The van der Waals surface area contributed by atoms with Crippen molar-refractivity contribution in [1.82, 2.24) is 9.97 Å². The Morgan fingerprint density at radius 2 is 2.04 bits per heavy atom. The van der Waals surface area contributed by atoms with Crippen molar-refractivity contribution in [2.75, 3.05) is 14.2 Å². The molecule has 0 aliphatic carbocycles. The summed E-state index contributed by atoms with van der Waals surface area (Å²) in [5.74, 6) is 1.02. The number of rotatable bonds is 4. The molecule has 1 heterocycles. The zero-order valence-corrected chi connectivity index (χ0v) is 14.8. The molecule has 7 heteroatoms. The van der Waals surface area contributed by atoms with Gasteiger partial charge in [-0.15, -0.1) is 0 Å². The molecule has 0 fully saturated rings. The van der Waals surface area contributed by atoms with Gasteiger partial charge in [-0.25, -0.2) is 4.98 Å². The number of hydrogen-bond acceptors (Lipinski definition) is 5. The minimum atomic E-state index is -0.308. The average molecular weight is 368 g/mol. The molecule has 0 bridgehead atoms. The summed E-state index contributed by atoms with van der Waals surface area (Å²) in [5.41, 5.74) is 1.01. The molecule has 2 aromatic carbocycles. The molecule has 130 valence electrons. The molecule has 0 radical (unpaired) electrons. The SMILES string of the molecule is COc1cc(/C=C(/C#N)c2nc3ccccc3c(=O)[nH]2)cc(Cl)c1OC. The highest BCUT2D eigenvalue weighted by Gasteiger charge is 2.12. The zero-order chi connectivity index (χ0) is 18.7. The van der Waals surface area contributed by atoms with Crippen LogP contribution in [0.25, 0.3) is 22.6 Å². The lowest BCUT2D eigenvalue weighted by atomic mass is 10.1. The zero-order valence-electron chi connectivity index (χ0n) is 14.0. The monoisotopic (exact) mass is 367 g/mol. The van der Waals surface area contributed by atoms with E-state index in [1.807, 2.05) is 0 Å². The van der Waals surface area contributed by atoms with E-state index in [9.17, 15) is 10.1 Å². The molecule has 3 rings (SSSR count). The summed E-state index contributed by atoms with van der Waals surface area (Å²) in [5, 5.41) is 10.3. The molecule has 0 atom stereocenters. The maximum absolute atomic E-state index is 12.2. The molecule has 3 aromatic rings. The fourth-order valence-corrected chi connectivity index (χ4v) is 2.85. The minimum absolute atomic E-state index is 0.183. The number of nitrogens with one attached hydrogen (secondary N) is 1. The molecule has 0 aliphatic rings. The molecule has 6 nitrogen and oxygen atoms in total. The summed E-state index contributed by atoms with van der Waals surface area (Å²) in [4.78, 5) is 19.2. The van der Waals surface area contributed by atoms with Gasteiger partial charge in [0, 0.05) is 0 Å². The van der Waals surface area contributed by atoms with Gasteiger partial charge in [0.25, 0.3) is 5.56 Å². The van der Waals surface area contributed by atoms with E-state index in [0.717, 1.165) is 0 Å². The highest BCUT2D eigenvalue weighted by molar-refractivity contribution is 6.32. The van der Waals surface area contributed by atoms with Crippen LogP contribution in [0.3, 0.4) is 0 Å². The number of fused-ring (bicyclic) bond motifs is 1. The van der Waals surface area contributed by atoms with E-state index in [4.69, 9.17) is 21.1 Å². The summed E-state index contributed by atoms with van der Waals surface area (Å²) in [7, 11) is 2.99. The molecule has 0 saturated carbocycles. The lowest BCUT2D eigenvalue weighted by molar-refractivity contribution is 0.355. The van der Waals surface area contributed by atoms with E-state index in [-0.39, 0.29) is 17.0 Å². The number of para-hydroxylation sites is 1. The maximum Gasteiger partial charge on any atom is 0.259 e. The average Bonchev–Trinajstić information content (AvgIpc) is 2.65. The normalized spacial score (nSPS) is 11.2. The molecule has 0 aliphatic heterocycles. The summed E-state index contributed by atoms with van der Waals surface area (Å²) in [6, 6.07) is 12.3. The third-order valence-electron chi connectivity index (χ3n) is 3.76. The first-order chi connectivity index (χ1) is 12.6. The Balaban J connectivity index is 2.14.